The summed E-state index contributed by atoms with van der Waals surface area (Å²) in [5.74, 6) is -0.754. The topological polar surface area (TPSA) is 98.7 Å². The zero-order chi connectivity index (χ0) is 22.9. The largest absolute Gasteiger partial charge is 0.435 e. The summed E-state index contributed by atoms with van der Waals surface area (Å²) in [5.41, 5.74) is -1.07. The summed E-state index contributed by atoms with van der Waals surface area (Å²) >= 11 is 0. The SMILES string of the molecule is O=C(c1nc(-c2ccc(C(F)(F)F)cc2)oc1-c1ccccc1[N+](=O)[O-])N1CCOCC1. The Morgan fingerprint density at radius 1 is 1.06 bits per heavy atom. The number of carbonyl (C=O) groups is 1. The highest BCUT2D eigenvalue weighted by molar-refractivity contribution is 5.99. The third-order valence-electron chi connectivity index (χ3n) is 4.93. The summed E-state index contributed by atoms with van der Waals surface area (Å²) in [7, 11) is 0. The number of hydrogen-bond acceptors (Lipinski definition) is 6. The van der Waals surface area contributed by atoms with Crippen LogP contribution in [-0.4, -0.2) is 47.0 Å². The van der Waals surface area contributed by atoms with Crippen LogP contribution in [0.5, 0.6) is 0 Å². The van der Waals surface area contributed by atoms with Crippen molar-refractivity contribution in [2.75, 3.05) is 26.3 Å². The van der Waals surface area contributed by atoms with Crippen LogP contribution in [0.1, 0.15) is 16.1 Å². The van der Waals surface area contributed by atoms with Gasteiger partial charge in [0.2, 0.25) is 5.89 Å². The minimum absolute atomic E-state index is 0.0415. The molecule has 166 valence electrons. The Morgan fingerprint density at radius 2 is 1.72 bits per heavy atom. The fourth-order valence-electron chi connectivity index (χ4n) is 3.31. The molecule has 1 amide bonds. The maximum atomic E-state index is 13.1. The predicted octanol–water partition coefficient (Wildman–Crippen LogP) is 4.41. The van der Waals surface area contributed by atoms with Crippen LogP contribution < -0.4 is 0 Å². The van der Waals surface area contributed by atoms with Crippen LogP contribution in [0.25, 0.3) is 22.8 Å². The van der Waals surface area contributed by atoms with E-state index in [0.29, 0.717) is 26.3 Å². The number of nitro groups is 1. The number of amides is 1. The average molecular weight is 447 g/mol. The van der Waals surface area contributed by atoms with Crippen LogP contribution in [0, 0.1) is 10.1 Å². The number of rotatable bonds is 4. The number of para-hydroxylation sites is 1. The van der Waals surface area contributed by atoms with E-state index in [-0.39, 0.29) is 34.2 Å². The first-order valence-electron chi connectivity index (χ1n) is 9.55. The second kappa shape index (κ2) is 8.42. The van der Waals surface area contributed by atoms with E-state index in [9.17, 15) is 28.1 Å². The van der Waals surface area contributed by atoms with Gasteiger partial charge in [-0.2, -0.15) is 13.2 Å². The van der Waals surface area contributed by atoms with E-state index in [0.717, 1.165) is 12.1 Å². The van der Waals surface area contributed by atoms with Crippen molar-refractivity contribution >= 4 is 11.6 Å². The van der Waals surface area contributed by atoms with Crippen LogP contribution in [0.3, 0.4) is 0 Å². The number of nitrogens with zero attached hydrogens (tertiary/aromatic N) is 3. The Balaban J connectivity index is 1.82. The highest BCUT2D eigenvalue weighted by Crippen LogP contribution is 2.37. The molecular weight excluding hydrogens is 431 g/mol. The smallest absolute Gasteiger partial charge is 0.416 e. The van der Waals surface area contributed by atoms with Gasteiger partial charge >= 0.3 is 6.18 Å². The van der Waals surface area contributed by atoms with Gasteiger partial charge in [0.05, 0.1) is 29.3 Å². The van der Waals surface area contributed by atoms with Gasteiger partial charge in [0, 0.05) is 24.7 Å². The van der Waals surface area contributed by atoms with Gasteiger partial charge in [0.25, 0.3) is 11.6 Å². The molecule has 0 N–H and O–H groups in total. The number of alkyl halides is 3. The zero-order valence-corrected chi connectivity index (χ0v) is 16.5. The van der Waals surface area contributed by atoms with Crippen molar-refractivity contribution in [1.29, 1.82) is 0 Å². The van der Waals surface area contributed by atoms with Crippen molar-refractivity contribution < 1.29 is 32.0 Å². The van der Waals surface area contributed by atoms with Crippen molar-refractivity contribution in [3.63, 3.8) is 0 Å². The second-order valence-electron chi connectivity index (χ2n) is 6.95. The van der Waals surface area contributed by atoms with Crippen molar-refractivity contribution in [1.82, 2.24) is 9.88 Å². The first kappa shape index (κ1) is 21.5. The number of aromatic nitrogens is 1. The fraction of sp³-hybridized carbons (Fsp3) is 0.238. The van der Waals surface area contributed by atoms with E-state index >= 15 is 0 Å². The van der Waals surface area contributed by atoms with Crippen LogP contribution in [0.2, 0.25) is 0 Å². The number of benzene rings is 2. The summed E-state index contributed by atoms with van der Waals surface area (Å²) in [5, 5.41) is 11.5. The molecular formula is C21H16F3N3O5. The average Bonchev–Trinajstić information content (AvgIpc) is 3.24. The highest BCUT2D eigenvalue weighted by atomic mass is 19.4. The van der Waals surface area contributed by atoms with Crippen molar-refractivity contribution in [3.05, 3.63) is 69.9 Å². The van der Waals surface area contributed by atoms with Crippen molar-refractivity contribution in [3.8, 4) is 22.8 Å². The Labute approximate surface area is 179 Å². The molecule has 0 atom stereocenters. The van der Waals surface area contributed by atoms with Crippen molar-refractivity contribution in [2.24, 2.45) is 0 Å². The monoisotopic (exact) mass is 447 g/mol. The van der Waals surface area contributed by atoms with E-state index in [4.69, 9.17) is 9.15 Å². The van der Waals surface area contributed by atoms with Crippen LogP contribution >= 0.6 is 0 Å². The molecule has 2 aromatic carbocycles. The molecule has 0 saturated carbocycles. The molecule has 1 aromatic heterocycles. The van der Waals surface area contributed by atoms with Crippen molar-refractivity contribution in [2.45, 2.75) is 6.18 Å². The lowest BCUT2D eigenvalue weighted by molar-refractivity contribution is -0.384. The van der Waals surface area contributed by atoms with E-state index < -0.39 is 22.6 Å². The zero-order valence-electron chi connectivity index (χ0n) is 16.5. The molecule has 0 radical (unpaired) electrons. The van der Waals surface area contributed by atoms with Crippen LogP contribution in [-0.2, 0) is 10.9 Å². The molecule has 1 fully saturated rings. The Bertz CT molecular complexity index is 1150. The highest BCUT2D eigenvalue weighted by Gasteiger charge is 2.32. The summed E-state index contributed by atoms with van der Waals surface area (Å²) < 4.78 is 49.6. The standard InChI is InChI=1S/C21H16F3N3O5/c22-21(23,24)14-7-5-13(6-8-14)19-25-17(20(28)26-9-11-31-12-10-26)18(32-19)15-3-1-2-4-16(15)27(29)30/h1-8H,9-12H2. The van der Waals surface area contributed by atoms with E-state index in [2.05, 4.69) is 4.98 Å². The predicted molar refractivity (Wildman–Crippen MR) is 106 cm³/mol. The van der Waals surface area contributed by atoms with E-state index in [1.54, 1.807) is 6.07 Å². The molecule has 1 saturated heterocycles. The summed E-state index contributed by atoms with van der Waals surface area (Å²) in [6.45, 7) is 1.27. The number of morpholine rings is 1. The molecule has 3 aromatic rings. The van der Waals surface area contributed by atoms with Gasteiger partial charge in [-0.05, 0) is 30.3 Å². The van der Waals surface area contributed by atoms with Gasteiger partial charge in [-0.1, -0.05) is 12.1 Å². The summed E-state index contributed by atoms with van der Waals surface area (Å²) in [4.78, 5) is 29.7. The number of ether oxygens (including phenoxy) is 1. The number of carbonyl (C=O) groups excluding carboxylic acids is 1. The van der Waals surface area contributed by atoms with Gasteiger partial charge in [-0.3, -0.25) is 14.9 Å². The normalized spacial score (nSPS) is 14.4. The van der Waals surface area contributed by atoms with Gasteiger partial charge in [0.15, 0.2) is 11.5 Å². The molecule has 0 bridgehead atoms. The van der Waals surface area contributed by atoms with E-state index in [1.807, 2.05) is 0 Å². The fourth-order valence-corrected chi connectivity index (χ4v) is 3.31. The lowest BCUT2D eigenvalue weighted by Crippen LogP contribution is -2.41. The molecule has 32 heavy (non-hydrogen) atoms. The Morgan fingerprint density at radius 3 is 2.34 bits per heavy atom. The molecule has 4 rings (SSSR count). The van der Waals surface area contributed by atoms with Crippen LogP contribution in [0.4, 0.5) is 18.9 Å². The van der Waals surface area contributed by atoms with Gasteiger partial charge in [-0.15, -0.1) is 0 Å². The third kappa shape index (κ3) is 4.19. The lowest BCUT2D eigenvalue weighted by atomic mass is 10.1. The quantitative estimate of drug-likeness (QED) is 0.434. The maximum absolute atomic E-state index is 13.1. The molecule has 1 aliphatic rings. The van der Waals surface area contributed by atoms with E-state index in [1.165, 1.54) is 35.2 Å². The summed E-state index contributed by atoms with van der Waals surface area (Å²) in [6, 6.07) is 9.77. The number of halogens is 3. The lowest BCUT2D eigenvalue weighted by Gasteiger charge is -2.26. The number of nitro benzene ring substituents is 1. The second-order valence-corrected chi connectivity index (χ2v) is 6.95. The van der Waals surface area contributed by atoms with Crippen LogP contribution in [0.15, 0.2) is 52.9 Å². The summed E-state index contributed by atoms with van der Waals surface area (Å²) in [6.07, 6.45) is -4.51. The molecule has 2 heterocycles. The molecule has 11 heteroatoms. The Hall–Kier alpha value is -3.73. The molecule has 0 aliphatic carbocycles. The molecule has 1 aliphatic heterocycles. The molecule has 0 unspecified atom stereocenters. The number of hydrogen-bond donors (Lipinski definition) is 0. The molecule has 0 spiro atoms. The van der Waals surface area contributed by atoms with Gasteiger partial charge < -0.3 is 14.1 Å². The minimum Gasteiger partial charge on any atom is -0.435 e. The molecule has 8 nitrogen and oxygen atoms in total. The Kier molecular flexibility index (Phi) is 5.66. The first-order valence-corrected chi connectivity index (χ1v) is 9.55. The number of oxazole rings is 1. The third-order valence-corrected chi connectivity index (χ3v) is 4.93. The first-order chi connectivity index (χ1) is 15.3. The minimum atomic E-state index is -4.51. The van der Waals surface area contributed by atoms with Gasteiger partial charge in [0.1, 0.15) is 0 Å². The van der Waals surface area contributed by atoms with Gasteiger partial charge in [-0.25, -0.2) is 4.98 Å². The maximum Gasteiger partial charge on any atom is 0.416 e.